The second-order valence-corrected chi connectivity index (χ2v) is 6.01. The van der Waals surface area contributed by atoms with E-state index in [1.54, 1.807) is 0 Å². The molecule has 1 saturated carbocycles. The van der Waals surface area contributed by atoms with Crippen LogP contribution in [0.4, 0.5) is 4.79 Å². The minimum Gasteiger partial charge on any atom is -0.396 e. The predicted molar refractivity (Wildman–Crippen MR) is 78.1 cm³/mol. The Morgan fingerprint density at radius 1 is 1.16 bits per heavy atom. The normalized spacial score (nSPS) is 19.1. The first-order valence-corrected chi connectivity index (χ1v) is 7.79. The zero-order valence-electron chi connectivity index (χ0n) is 12.5. The molecule has 0 saturated heterocycles. The van der Waals surface area contributed by atoms with Crippen LogP contribution in [0.3, 0.4) is 0 Å². The molecule has 0 spiro atoms. The lowest BCUT2D eigenvalue weighted by Crippen LogP contribution is -2.44. The average Bonchev–Trinajstić information content (AvgIpc) is 2.86. The Morgan fingerprint density at radius 3 is 2.32 bits per heavy atom. The zero-order chi connectivity index (χ0) is 14.1. The first-order valence-electron chi connectivity index (χ1n) is 7.79. The van der Waals surface area contributed by atoms with Crippen molar-refractivity contribution in [1.29, 1.82) is 0 Å². The van der Waals surface area contributed by atoms with E-state index in [-0.39, 0.29) is 24.7 Å². The van der Waals surface area contributed by atoms with Gasteiger partial charge < -0.3 is 15.7 Å². The Morgan fingerprint density at radius 2 is 1.74 bits per heavy atom. The minimum absolute atomic E-state index is 0.0793. The molecule has 4 heteroatoms. The van der Waals surface area contributed by atoms with Crippen LogP contribution in [0.5, 0.6) is 0 Å². The lowest BCUT2D eigenvalue weighted by Gasteiger charge is -2.19. The van der Waals surface area contributed by atoms with Gasteiger partial charge in [0.2, 0.25) is 0 Å². The summed E-state index contributed by atoms with van der Waals surface area (Å²) in [6, 6.07) is 0.282. The van der Waals surface area contributed by atoms with Gasteiger partial charge in [-0.2, -0.15) is 0 Å². The van der Waals surface area contributed by atoms with Crippen LogP contribution in [0.1, 0.15) is 65.2 Å². The molecule has 0 bridgehead atoms. The van der Waals surface area contributed by atoms with Crippen molar-refractivity contribution < 1.29 is 9.90 Å². The van der Waals surface area contributed by atoms with Crippen LogP contribution in [-0.4, -0.2) is 29.8 Å². The summed E-state index contributed by atoms with van der Waals surface area (Å²) in [5, 5.41) is 14.7. The van der Waals surface area contributed by atoms with Crippen molar-refractivity contribution >= 4 is 6.03 Å². The van der Waals surface area contributed by atoms with Crippen molar-refractivity contribution in [1.82, 2.24) is 10.6 Å². The van der Waals surface area contributed by atoms with E-state index in [0.29, 0.717) is 0 Å². The summed E-state index contributed by atoms with van der Waals surface area (Å²) >= 11 is 0. The third-order valence-corrected chi connectivity index (χ3v) is 4.03. The lowest BCUT2D eigenvalue weighted by atomic mass is 9.99. The van der Waals surface area contributed by atoms with Gasteiger partial charge in [-0.1, -0.05) is 25.7 Å². The molecular weight excluding hydrogens is 240 g/mol. The number of hydrogen-bond acceptors (Lipinski definition) is 2. The number of urea groups is 1. The van der Waals surface area contributed by atoms with Crippen molar-refractivity contribution in [2.75, 3.05) is 6.61 Å². The number of aliphatic hydroxyl groups is 1. The van der Waals surface area contributed by atoms with E-state index in [4.69, 9.17) is 5.11 Å². The van der Waals surface area contributed by atoms with Gasteiger partial charge in [0.15, 0.2) is 0 Å². The predicted octanol–water partition coefficient (Wildman–Crippen LogP) is 2.81. The Kier molecular flexibility index (Phi) is 7.87. The molecule has 1 fully saturated rings. The number of hydrogen-bond donors (Lipinski definition) is 3. The SMILES string of the molecule is CC(CCCO)NC(=O)NC(C)CCC1CCCC1. The van der Waals surface area contributed by atoms with Crippen LogP contribution >= 0.6 is 0 Å². The van der Waals surface area contributed by atoms with E-state index >= 15 is 0 Å². The molecule has 0 aromatic rings. The molecule has 0 aromatic heterocycles. The van der Waals surface area contributed by atoms with Crippen molar-refractivity contribution in [2.24, 2.45) is 5.92 Å². The Bertz CT molecular complexity index is 253. The third-order valence-electron chi connectivity index (χ3n) is 4.03. The van der Waals surface area contributed by atoms with Gasteiger partial charge in [0.25, 0.3) is 0 Å². The van der Waals surface area contributed by atoms with Crippen molar-refractivity contribution in [3.8, 4) is 0 Å². The van der Waals surface area contributed by atoms with Crippen LogP contribution in [-0.2, 0) is 0 Å². The number of carbonyl (C=O) groups is 1. The van der Waals surface area contributed by atoms with Crippen LogP contribution in [0, 0.1) is 5.92 Å². The highest BCUT2D eigenvalue weighted by molar-refractivity contribution is 5.74. The van der Waals surface area contributed by atoms with Crippen LogP contribution in [0.15, 0.2) is 0 Å². The summed E-state index contributed by atoms with van der Waals surface area (Å²) in [4.78, 5) is 11.7. The van der Waals surface area contributed by atoms with Gasteiger partial charge in [0, 0.05) is 18.7 Å². The maximum atomic E-state index is 11.7. The molecule has 0 radical (unpaired) electrons. The summed E-state index contributed by atoms with van der Waals surface area (Å²) in [6.07, 6.45) is 9.38. The van der Waals surface area contributed by atoms with Gasteiger partial charge >= 0.3 is 6.03 Å². The Hall–Kier alpha value is -0.770. The Labute approximate surface area is 117 Å². The van der Waals surface area contributed by atoms with Gasteiger partial charge in [0.1, 0.15) is 0 Å². The molecule has 3 N–H and O–H groups in total. The average molecular weight is 270 g/mol. The van der Waals surface area contributed by atoms with E-state index in [2.05, 4.69) is 17.6 Å². The molecular formula is C15H30N2O2. The lowest BCUT2D eigenvalue weighted by molar-refractivity contribution is 0.230. The standard InChI is InChI=1S/C15H30N2O2/c1-12(6-5-11-18)16-15(19)17-13(2)9-10-14-7-3-4-8-14/h12-14,18H,3-11H2,1-2H3,(H2,16,17,19). The Balaban J connectivity index is 2.09. The molecule has 2 amide bonds. The number of nitrogens with one attached hydrogen (secondary N) is 2. The van der Waals surface area contributed by atoms with Crippen LogP contribution < -0.4 is 10.6 Å². The first kappa shape index (κ1) is 16.3. The highest BCUT2D eigenvalue weighted by Gasteiger charge is 2.16. The number of aliphatic hydroxyl groups excluding tert-OH is 1. The monoisotopic (exact) mass is 270 g/mol. The third kappa shape index (κ3) is 7.41. The molecule has 4 nitrogen and oxygen atoms in total. The highest BCUT2D eigenvalue weighted by atomic mass is 16.3. The van der Waals surface area contributed by atoms with Crippen molar-refractivity contribution in [2.45, 2.75) is 77.3 Å². The van der Waals surface area contributed by atoms with Gasteiger partial charge in [-0.05, 0) is 45.4 Å². The van der Waals surface area contributed by atoms with E-state index in [0.717, 1.165) is 25.2 Å². The fourth-order valence-corrected chi connectivity index (χ4v) is 2.82. The zero-order valence-corrected chi connectivity index (χ0v) is 12.5. The van der Waals surface area contributed by atoms with Crippen LogP contribution in [0.2, 0.25) is 0 Å². The molecule has 0 aliphatic heterocycles. The largest absolute Gasteiger partial charge is 0.396 e. The summed E-state index contributed by atoms with van der Waals surface area (Å²) < 4.78 is 0. The molecule has 2 unspecified atom stereocenters. The number of amides is 2. The maximum Gasteiger partial charge on any atom is 0.315 e. The number of rotatable bonds is 8. The van der Waals surface area contributed by atoms with E-state index < -0.39 is 0 Å². The fourth-order valence-electron chi connectivity index (χ4n) is 2.82. The van der Waals surface area contributed by atoms with Gasteiger partial charge in [0.05, 0.1) is 0 Å². The molecule has 0 heterocycles. The topological polar surface area (TPSA) is 61.4 Å². The minimum atomic E-state index is -0.0793. The summed E-state index contributed by atoms with van der Waals surface area (Å²) in [6.45, 7) is 4.23. The highest BCUT2D eigenvalue weighted by Crippen LogP contribution is 2.28. The smallest absolute Gasteiger partial charge is 0.315 e. The van der Waals surface area contributed by atoms with Gasteiger partial charge in [-0.3, -0.25) is 0 Å². The number of carbonyl (C=O) groups excluding carboxylic acids is 1. The molecule has 112 valence electrons. The summed E-state index contributed by atoms with van der Waals surface area (Å²) in [5.41, 5.74) is 0. The van der Waals surface area contributed by atoms with Crippen molar-refractivity contribution in [3.63, 3.8) is 0 Å². The van der Waals surface area contributed by atoms with Crippen LogP contribution in [0.25, 0.3) is 0 Å². The maximum absolute atomic E-state index is 11.7. The molecule has 19 heavy (non-hydrogen) atoms. The summed E-state index contributed by atoms with van der Waals surface area (Å²) in [5.74, 6) is 0.885. The van der Waals surface area contributed by atoms with E-state index in [1.165, 1.54) is 32.1 Å². The molecule has 2 atom stereocenters. The second kappa shape index (κ2) is 9.18. The molecule has 1 aliphatic rings. The fraction of sp³-hybridized carbons (Fsp3) is 0.933. The second-order valence-electron chi connectivity index (χ2n) is 6.01. The van der Waals surface area contributed by atoms with Crippen molar-refractivity contribution in [3.05, 3.63) is 0 Å². The van der Waals surface area contributed by atoms with Gasteiger partial charge in [-0.15, -0.1) is 0 Å². The molecule has 1 aliphatic carbocycles. The molecule has 1 rings (SSSR count). The summed E-state index contributed by atoms with van der Waals surface area (Å²) in [7, 11) is 0. The first-order chi connectivity index (χ1) is 9.11. The molecule has 0 aromatic carbocycles. The van der Waals surface area contributed by atoms with E-state index in [1.807, 2.05) is 6.92 Å². The quantitative estimate of drug-likeness (QED) is 0.635. The van der Waals surface area contributed by atoms with E-state index in [9.17, 15) is 4.79 Å². The van der Waals surface area contributed by atoms with Gasteiger partial charge in [-0.25, -0.2) is 4.79 Å².